The van der Waals surface area contributed by atoms with Crippen molar-refractivity contribution in [1.29, 1.82) is 0 Å². The highest BCUT2D eigenvalue weighted by molar-refractivity contribution is 7.92. The monoisotopic (exact) mass is 238 g/mol. The normalized spacial score (nSPS) is 12.5. The Balaban J connectivity index is 3.19. The molecule has 3 nitrogen and oxygen atoms in total. The number of benzene rings is 1. The first-order valence-electron chi connectivity index (χ1n) is 3.75. The number of rotatable bonds is 2. The van der Waals surface area contributed by atoms with Crippen LogP contribution < -0.4 is 4.72 Å². The quantitative estimate of drug-likeness (QED) is 0.855. The average molecular weight is 238 g/mol. The fourth-order valence-corrected chi connectivity index (χ4v) is 1.53. The van der Waals surface area contributed by atoms with E-state index in [2.05, 4.69) is 6.07 Å². The molecule has 0 aliphatic carbocycles. The molecule has 0 aromatic heterocycles. The molecule has 0 bridgehead atoms. The van der Waals surface area contributed by atoms with Gasteiger partial charge in [-0.1, -0.05) is 6.07 Å². The van der Waals surface area contributed by atoms with Gasteiger partial charge in [-0.05, 0) is 18.2 Å². The maximum atomic E-state index is 12.4. The molecule has 0 aliphatic rings. The summed E-state index contributed by atoms with van der Waals surface area (Å²) in [6.45, 7) is 0. The molecule has 0 saturated heterocycles. The molecule has 1 rings (SSSR count). The van der Waals surface area contributed by atoms with E-state index in [1.807, 2.05) is 0 Å². The van der Waals surface area contributed by atoms with Crippen LogP contribution in [0.3, 0.4) is 0 Å². The summed E-state index contributed by atoms with van der Waals surface area (Å²) >= 11 is 0. The summed E-state index contributed by atoms with van der Waals surface area (Å²) in [5.41, 5.74) is -1.56. The first-order chi connectivity index (χ1) is 6.70. The van der Waals surface area contributed by atoms with Crippen molar-refractivity contribution < 1.29 is 21.6 Å². The predicted molar refractivity (Wildman–Crippen MR) is 48.7 cm³/mol. The van der Waals surface area contributed by atoms with Crippen LogP contribution in [0.4, 0.5) is 18.9 Å². The molecule has 0 fully saturated rings. The Hall–Kier alpha value is -1.24. The number of sulfonamides is 1. The van der Waals surface area contributed by atoms with Gasteiger partial charge in [-0.3, -0.25) is 4.72 Å². The number of nitrogens with one attached hydrogen (secondary N) is 1. The maximum Gasteiger partial charge on any atom is 0.418 e. The van der Waals surface area contributed by atoms with Crippen LogP contribution in [0.2, 0.25) is 0 Å². The lowest BCUT2D eigenvalue weighted by atomic mass is 10.2. The van der Waals surface area contributed by atoms with E-state index in [-0.39, 0.29) is 0 Å². The van der Waals surface area contributed by atoms with Gasteiger partial charge in [0, 0.05) is 0 Å². The Morgan fingerprint density at radius 2 is 2.00 bits per heavy atom. The van der Waals surface area contributed by atoms with Gasteiger partial charge in [0.25, 0.3) is 0 Å². The van der Waals surface area contributed by atoms with Gasteiger partial charge in [0.05, 0.1) is 17.5 Å². The number of alkyl halides is 3. The average Bonchev–Trinajstić information content (AvgIpc) is 1.99. The van der Waals surface area contributed by atoms with E-state index in [1.165, 1.54) is 6.07 Å². The lowest BCUT2D eigenvalue weighted by molar-refractivity contribution is -0.136. The van der Waals surface area contributed by atoms with Gasteiger partial charge in [0.15, 0.2) is 0 Å². The minimum atomic E-state index is -4.61. The molecule has 83 valence electrons. The second kappa shape index (κ2) is 3.73. The fourth-order valence-electron chi connectivity index (χ4n) is 0.954. The summed E-state index contributed by atoms with van der Waals surface area (Å²) in [5, 5.41) is 0. The Morgan fingerprint density at radius 1 is 1.40 bits per heavy atom. The summed E-state index contributed by atoms with van der Waals surface area (Å²) in [6, 6.07) is 5.13. The van der Waals surface area contributed by atoms with E-state index in [1.54, 1.807) is 4.72 Å². The summed E-state index contributed by atoms with van der Waals surface area (Å²) in [5.74, 6) is 0. The van der Waals surface area contributed by atoms with Gasteiger partial charge >= 0.3 is 6.18 Å². The molecule has 0 heterocycles. The molecule has 7 heteroatoms. The Labute approximate surface area is 85.0 Å². The van der Waals surface area contributed by atoms with Crippen LogP contribution in [-0.2, 0) is 16.2 Å². The van der Waals surface area contributed by atoms with E-state index >= 15 is 0 Å². The van der Waals surface area contributed by atoms with E-state index in [0.29, 0.717) is 6.07 Å². The highest BCUT2D eigenvalue weighted by Crippen LogP contribution is 2.34. The molecule has 0 amide bonds. The SMILES string of the molecule is CS(=O)(=O)Nc1cc[c]cc1C(F)(F)F. The molecule has 0 saturated carbocycles. The lowest BCUT2D eigenvalue weighted by Gasteiger charge is -2.12. The fraction of sp³-hybridized carbons (Fsp3) is 0.250. The van der Waals surface area contributed by atoms with E-state index in [0.717, 1.165) is 12.3 Å². The second-order valence-electron chi connectivity index (χ2n) is 2.84. The standard InChI is InChI=1S/C8H7F3NO2S/c1-15(13,14)12-7-5-3-2-4-6(7)8(9,10)11/h3-5,12H,1H3. The Kier molecular flexibility index (Phi) is 2.94. The predicted octanol–water partition coefficient (Wildman–Crippen LogP) is 1.88. The third-order valence-electron chi connectivity index (χ3n) is 1.46. The van der Waals surface area contributed by atoms with Crippen LogP contribution in [0.1, 0.15) is 5.56 Å². The zero-order chi connectivity index (χ0) is 11.7. The molecular formula is C8H7F3NO2S. The van der Waals surface area contributed by atoms with Gasteiger partial charge in [0.1, 0.15) is 0 Å². The zero-order valence-electron chi connectivity index (χ0n) is 7.59. The summed E-state index contributed by atoms with van der Waals surface area (Å²) in [7, 11) is -3.72. The van der Waals surface area contributed by atoms with Crippen molar-refractivity contribution in [3.63, 3.8) is 0 Å². The van der Waals surface area contributed by atoms with E-state index in [4.69, 9.17) is 0 Å². The second-order valence-corrected chi connectivity index (χ2v) is 4.59. The van der Waals surface area contributed by atoms with Crippen molar-refractivity contribution in [2.45, 2.75) is 6.18 Å². The van der Waals surface area contributed by atoms with E-state index < -0.39 is 27.5 Å². The Bertz CT molecular complexity index is 453. The number of hydrogen-bond acceptors (Lipinski definition) is 2. The smallest absolute Gasteiger partial charge is 0.283 e. The van der Waals surface area contributed by atoms with Crippen LogP contribution >= 0.6 is 0 Å². The largest absolute Gasteiger partial charge is 0.418 e. The van der Waals surface area contributed by atoms with Crippen molar-refractivity contribution in [3.8, 4) is 0 Å². The molecule has 15 heavy (non-hydrogen) atoms. The number of anilines is 1. The van der Waals surface area contributed by atoms with Gasteiger partial charge < -0.3 is 0 Å². The maximum absolute atomic E-state index is 12.4. The molecule has 0 unspecified atom stereocenters. The summed E-state index contributed by atoms with van der Waals surface area (Å²) in [6.07, 6.45) is -3.82. The number of halogens is 3. The van der Waals surface area contributed by atoms with Gasteiger partial charge in [-0.2, -0.15) is 13.2 Å². The third-order valence-corrected chi connectivity index (χ3v) is 2.06. The molecule has 1 radical (unpaired) electrons. The van der Waals surface area contributed by atoms with Crippen molar-refractivity contribution in [2.24, 2.45) is 0 Å². The van der Waals surface area contributed by atoms with Gasteiger partial charge in [-0.15, -0.1) is 0 Å². The minimum absolute atomic E-state index is 0.497. The molecule has 0 aliphatic heterocycles. The number of hydrogen-bond donors (Lipinski definition) is 1. The van der Waals surface area contributed by atoms with Crippen LogP contribution in [0, 0.1) is 6.07 Å². The lowest BCUT2D eigenvalue weighted by Crippen LogP contribution is -2.15. The van der Waals surface area contributed by atoms with Crippen molar-refractivity contribution in [2.75, 3.05) is 11.0 Å². The van der Waals surface area contributed by atoms with Crippen LogP contribution in [0.15, 0.2) is 18.2 Å². The van der Waals surface area contributed by atoms with Crippen LogP contribution in [-0.4, -0.2) is 14.7 Å². The summed E-state index contributed by atoms with van der Waals surface area (Å²) < 4.78 is 60.5. The Morgan fingerprint density at radius 3 is 2.47 bits per heavy atom. The third kappa shape index (κ3) is 3.43. The minimum Gasteiger partial charge on any atom is -0.283 e. The van der Waals surface area contributed by atoms with Crippen molar-refractivity contribution >= 4 is 15.7 Å². The van der Waals surface area contributed by atoms with Crippen LogP contribution in [0.5, 0.6) is 0 Å². The van der Waals surface area contributed by atoms with Crippen molar-refractivity contribution in [3.05, 3.63) is 29.8 Å². The molecule has 1 N–H and O–H groups in total. The van der Waals surface area contributed by atoms with Crippen molar-refractivity contribution in [1.82, 2.24) is 0 Å². The zero-order valence-corrected chi connectivity index (χ0v) is 8.41. The molecular weight excluding hydrogens is 231 g/mol. The van der Waals surface area contributed by atoms with Gasteiger partial charge in [-0.25, -0.2) is 8.42 Å². The highest BCUT2D eigenvalue weighted by atomic mass is 32.2. The van der Waals surface area contributed by atoms with Crippen LogP contribution in [0.25, 0.3) is 0 Å². The highest BCUT2D eigenvalue weighted by Gasteiger charge is 2.33. The molecule has 1 aromatic carbocycles. The first-order valence-corrected chi connectivity index (χ1v) is 5.64. The van der Waals surface area contributed by atoms with Gasteiger partial charge in [0.2, 0.25) is 10.0 Å². The topological polar surface area (TPSA) is 46.2 Å². The molecule has 0 atom stereocenters. The molecule has 0 spiro atoms. The molecule has 1 aromatic rings. The first kappa shape index (κ1) is 11.8. The van der Waals surface area contributed by atoms with E-state index in [9.17, 15) is 21.6 Å². The summed E-state index contributed by atoms with van der Waals surface area (Å²) in [4.78, 5) is 0.